The lowest BCUT2D eigenvalue weighted by molar-refractivity contribution is 0.0983. The summed E-state index contributed by atoms with van der Waals surface area (Å²) in [5.41, 5.74) is 9.56. The van der Waals surface area contributed by atoms with Crippen LogP contribution in [0.25, 0.3) is 11.0 Å². The molecule has 0 bridgehead atoms. The zero-order valence-corrected chi connectivity index (χ0v) is 16.5. The molecule has 152 valence electrons. The van der Waals surface area contributed by atoms with Gasteiger partial charge in [0.1, 0.15) is 0 Å². The number of ether oxygens (including phenoxy) is 1. The SMILES string of the molecule is CCOC(=O)N1CCC(Nc2nc3ccccc3n2Cc2ncccc2N)CC1. The Hall–Kier alpha value is -3.29. The maximum atomic E-state index is 11.9. The van der Waals surface area contributed by atoms with Crippen molar-refractivity contribution in [1.29, 1.82) is 0 Å². The van der Waals surface area contributed by atoms with Gasteiger partial charge in [-0.15, -0.1) is 0 Å². The minimum Gasteiger partial charge on any atom is -0.450 e. The molecule has 3 heterocycles. The number of nitrogens with two attached hydrogens (primary N) is 1. The number of amides is 1. The molecule has 1 aliphatic rings. The van der Waals surface area contributed by atoms with Crippen molar-refractivity contribution in [3.05, 3.63) is 48.3 Å². The van der Waals surface area contributed by atoms with Crippen molar-refractivity contribution in [3.8, 4) is 0 Å². The second kappa shape index (κ2) is 8.38. The van der Waals surface area contributed by atoms with Crippen LogP contribution in [0.3, 0.4) is 0 Å². The summed E-state index contributed by atoms with van der Waals surface area (Å²) in [5.74, 6) is 0.797. The van der Waals surface area contributed by atoms with E-state index < -0.39 is 0 Å². The molecular weight excluding hydrogens is 368 g/mol. The van der Waals surface area contributed by atoms with E-state index in [-0.39, 0.29) is 12.1 Å². The largest absolute Gasteiger partial charge is 0.450 e. The number of carbonyl (C=O) groups is 1. The van der Waals surface area contributed by atoms with Gasteiger partial charge in [-0.1, -0.05) is 12.1 Å². The van der Waals surface area contributed by atoms with Gasteiger partial charge in [-0.25, -0.2) is 9.78 Å². The molecule has 0 atom stereocenters. The molecule has 0 spiro atoms. The van der Waals surface area contributed by atoms with Crippen LogP contribution in [0.5, 0.6) is 0 Å². The second-order valence-electron chi connectivity index (χ2n) is 7.15. The number of nitrogens with one attached hydrogen (secondary N) is 1. The Balaban J connectivity index is 1.53. The molecule has 0 saturated carbocycles. The number of pyridine rings is 1. The van der Waals surface area contributed by atoms with Gasteiger partial charge in [-0.2, -0.15) is 0 Å². The Labute approximate surface area is 169 Å². The number of fused-ring (bicyclic) bond motifs is 1. The van der Waals surface area contributed by atoms with Crippen LogP contribution in [0.15, 0.2) is 42.6 Å². The highest BCUT2D eigenvalue weighted by atomic mass is 16.6. The summed E-state index contributed by atoms with van der Waals surface area (Å²) >= 11 is 0. The number of carbonyl (C=O) groups excluding carboxylic acids is 1. The van der Waals surface area contributed by atoms with Gasteiger partial charge in [0.2, 0.25) is 5.95 Å². The van der Waals surface area contributed by atoms with Crippen LogP contribution in [0.4, 0.5) is 16.4 Å². The highest BCUT2D eigenvalue weighted by molar-refractivity contribution is 5.79. The van der Waals surface area contributed by atoms with Gasteiger partial charge in [0.15, 0.2) is 0 Å². The van der Waals surface area contributed by atoms with Crippen molar-refractivity contribution < 1.29 is 9.53 Å². The number of nitrogens with zero attached hydrogens (tertiary/aromatic N) is 4. The van der Waals surface area contributed by atoms with Crippen molar-refractivity contribution in [1.82, 2.24) is 19.4 Å². The maximum Gasteiger partial charge on any atom is 0.409 e. The molecule has 8 heteroatoms. The van der Waals surface area contributed by atoms with Crippen LogP contribution >= 0.6 is 0 Å². The Morgan fingerprint density at radius 2 is 2.03 bits per heavy atom. The lowest BCUT2D eigenvalue weighted by Gasteiger charge is -2.31. The zero-order valence-electron chi connectivity index (χ0n) is 16.5. The van der Waals surface area contributed by atoms with Crippen LogP contribution in [0.2, 0.25) is 0 Å². The van der Waals surface area contributed by atoms with Gasteiger partial charge >= 0.3 is 6.09 Å². The Bertz CT molecular complexity index is 994. The second-order valence-corrected chi connectivity index (χ2v) is 7.15. The van der Waals surface area contributed by atoms with Gasteiger partial charge in [-0.05, 0) is 44.0 Å². The molecule has 1 fully saturated rings. The minimum atomic E-state index is -0.233. The fraction of sp³-hybridized carbons (Fsp3) is 0.381. The van der Waals surface area contributed by atoms with E-state index in [0.717, 1.165) is 35.5 Å². The topological polar surface area (TPSA) is 98.3 Å². The summed E-state index contributed by atoms with van der Waals surface area (Å²) in [6, 6.07) is 12.0. The Morgan fingerprint density at radius 1 is 1.24 bits per heavy atom. The quantitative estimate of drug-likeness (QED) is 0.690. The number of nitrogen functional groups attached to an aromatic ring is 1. The normalized spacial score (nSPS) is 14.9. The highest BCUT2D eigenvalue weighted by Crippen LogP contribution is 2.24. The average Bonchev–Trinajstić information content (AvgIpc) is 3.07. The number of aromatic nitrogens is 3. The van der Waals surface area contributed by atoms with Crippen LogP contribution in [-0.4, -0.2) is 51.3 Å². The number of rotatable bonds is 5. The number of hydrogen-bond donors (Lipinski definition) is 2. The first kappa shape index (κ1) is 19.0. The molecule has 3 aromatic rings. The third kappa shape index (κ3) is 4.11. The van der Waals surface area contributed by atoms with E-state index in [2.05, 4.69) is 20.9 Å². The van der Waals surface area contributed by atoms with E-state index in [1.807, 2.05) is 37.3 Å². The molecule has 1 aromatic carbocycles. The number of benzene rings is 1. The van der Waals surface area contributed by atoms with E-state index in [4.69, 9.17) is 15.5 Å². The van der Waals surface area contributed by atoms with Gasteiger partial charge in [0, 0.05) is 25.3 Å². The van der Waals surface area contributed by atoms with Gasteiger partial charge in [0.05, 0.1) is 35.6 Å². The molecule has 1 aliphatic heterocycles. The van der Waals surface area contributed by atoms with Crippen molar-refractivity contribution >= 4 is 28.8 Å². The highest BCUT2D eigenvalue weighted by Gasteiger charge is 2.25. The van der Waals surface area contributed by atoms with Gasteiger partial charge < -0.3 is 25.3 Å². The first-order valence-electron chi connectivity index (χ1n) is 9.98. The summed E-state index contributed by atoms with van der Waals surface area (Å²) in [5, 5.41) is 3.57. The standard InChI is InChI=1S/C21H26N6O2/c1-2-29-21(28)26-12-9-15(10-13-26)24-20-25-17-7-3-4-8-19(17)27(20)14-18-16(22)6-5-11-23-18/h3-8,11,15H,2,9-10,12-14,22H2,1H3,(H,24,25). The summed E-state index contributed by atoms with van der Waals surface area (Å²) in [6.45, 7) is 4.10. The summed E-state index contributed by atoms with van der Waals surface area (Å²) in [7, 11) is 0. The first-order valence-corrected chi connectivity index (χ1v) is 9.98. The van der Waals surface area contributed by atoms with E-state index >= 15 is 0 Å². The van der Waals surface area contributed by atoms with Crippen LogP contribution in [0, 0.1) is 0 Å². The van der Waals surface area contributed by atoms with Crippen LogP contribution in [0.1, 0.15) is 25.5 Å². The number of imidazole rings is 1. The Kier molecular flexibility index (Phi) is 5.50. The van der Waals surface area contributed by atoms with Gasteiger partial charge in [-0.3, -0.25) is 4.98 Å². The molecule has 2 aromatic heterocycles. The number of anilines is 2. The fourth-order valence-electron chi connectivity index (χ4n) is 3.68. The third-order valence-electron chi connectivity index (χ3n) is 5.24. The summed E-state index contributed by atoms with van der Waals surface area (Å²) < 4.78 is 7.22. The molecular formula is C21H26N6O2. The third-order valence-corrected chi connectivity index (χ3v) is 5.24. The van der Waals surface area contributed by atoms with E-state index in [1.165, 1.54) is 0 Å². The molecule has 0 aliphatic carbocycles. The maximum absolute atomic E-state index is 11.9. The van der Waals surface area contributed by atoms with Crippen molar-refractivity contribution in [2.45, 2.75) is 32.4 Å². The molecule has 1 saturated heterocycles. The minimum absolute atomic E-state index is 0.233. The van der Waals surface area contributed by atoms with E-state index in [1.54, 1.807) is 11.1 Å². The van der Waals surface area contributed by atoms with Crippen molar-refractivity contribution in [2.75, 3.05) is 30.7 Å². The summed E-state index contributed by atoms with van der Waals surface area (Å²) in [4.78, 5) is 22.9. The van der Waals surface area contributed by atoms with Crippen molar-refractivity contribution in [2.24, 2.45) is 0 Å². The molecule has 29 heavy (non-hydrogen) atoms. The van der Waals surface area contributed by atoms with Crippen molar-refractivity contribution in [3.63, 3.8) is 0 Å². The number of para-hydroxylation sites is 2. The predicted octanol–water partition coefficient (Wildman–Crippen LogP) is 3.09. The number of piperidine rings is 1. The lowest BCUT2D eigenvalue weighted by atomic mass is 10.1. The molecule has 0 radical (unpaired) electrons. The zero-order chi connectivity index (χ0) is 20.2. The molecule has 8 nitrogen and oxygen atoms in total. The number of hydrogen-bond acceptors (Lipinski definition) is 6. The summed E-state index contributed by atoms with van der Waals surface area (Å²) in [6.07, 6.45) is 3.20. The fourth-order valence-corrected chi connectivity index (χ4v) is 3.68. The average molecular weight is 394 g/mol. The smallest absolute Gasteiger partial charge is 0.409 e. The molecule has 4 rings (SSSR count). The molecule has 1 amide bonds. The van der Waals surface area contributed by atoms with Crippen LogP contribution < -0.4 is 11.1 Å². The molecule has 0 unspecified atom stereocenters. The monoisotopic (exact) mass is 394 g/mol. The first-order chi connectivity index (χ1) is 14.2. The van der Waals surface area contributed by atoms with E-state index in [0.29, 0.717) is 31.9 Å². The lowest BCUT2D eigenvalue weighted by Crippen LogP contribution is -2.42. The van der Waals surface area contributed by atoms with Gasteiger partial charge in [0.25, 0.3) is 0 Å². The van der Waals surface area contributed by atoms with E-state index in [9.17, 15) is 4.79 Å². The molecule has 3 N–H and O–H groups in total. The number of likely N-dealkylation sites (tertiary alicyclic amines) is 1. The van der Waals surface area contributed by atoms with Crippen LogP contribution in [-0.2, 0) is 11.3 Å². The predicted molar refractivity (Wildman–Crippen MR) is 113 cm³/mol. The Morgan fingerprint density at radius 3 is 2.79 bits per heavy atom.